The molecule has 7 heteroatoms. The Labute approximate surface area is 102 Å². The van der Waals surface area contributed by atoms with Crippen LogP contribution in [0, 0.1) is 17.0 Å². The van der Waals surface area contributed by atoms with E-state index in [1.165, 1.54) is 10.7 Å². The van der Waals surface area contributed by atoms with E-state index in [0.717, 1.165) is 11.7 Å². The minimum Gasteiger partial charge on any atom is -0.358 e. The molecule has 0 saturated carbocycles. The second-order valence-corrected chi connectivity index (χ2v) is 10.9. The lowest BCUT2D eigenvalue weighted by Gasteiger charge is -2.14. The van der Waals surface area contributed by atoms with Crippen LogP contribution in [-0.2, 0) is 11.5 Å². The van der Waals surface area contributed by atoms with E-state index in [0.29, 0.717) is 6.61 Å². The molecule has 0 aliphatic heterocycles. The maximum Gasteiger partial charge on any atom is 0.390 e. The van der Waals surface area contributed by atoms with Crippen molar-refractivity contribution in [2.75, 3.05) is 6.61 Å². The first kappa shape index (κ1) is 13.9. The first-order valence-corrected chi connectivity index (χ1v) is 9.27. The van der Waals surface area contributed by atoms with Gasteiger partial charge in [-0.25, -0.2) is 0 Å². The van der Waals surface area contributed by atoms with Crippen LogP contribution in [0.5, 0.6) is 0 Å². The van der Waals surface area contributed by atoms with Crippen molar-refractivity contribution in [3.63, 3.8) is 0 Å². The van der Waals surface area contributed by atoms with E-state index in [-0.39, 0.29) is 12.5 Å². The van der Waals surface area contributed by atoms with Crippen molar-refractivity contribution >= 4 is 13.9 Å². The summed E-state index contributed by atoms with van der Waals surface area (Å²) in [7, 11) is -1.08. The summed E-state index contributed by atoms with van der Waals surface area (Å²) in [5.41, 5.74) is 0.740. The second kappa shape index (κ2) is 5.41. The van der Waals surface area contributed by atoms with E-state index in [9.17, 15) is 10.1 Å². The predicted octanol–water partition coefficient (Wildman–Crippen LogP) is 2.41. The number of aryl methyl sites for hydroxylation is 1. The van der Waals surface area contributed by atoms with Gasteiger partial charge in [0.2, 0.25) is 0 Å². The molecule has 0 bridgehead atoms. The highest BCUT2D eigenvalue weighted by molar-refractivity contribution is 6.76. The molecule has 0 amide bonds. The van der Waals surface area contributed by atoms with E-state index in [2.05, 4.69) is 24.7 Å². The molecule has 0 radical (unpaired) electrons. The van der Waals surface area contributed by atoms with Gasteiger partial charge in [0, 0.05) is 14.7 Å². The third-order valence-corrected chi connectivity index (χ3v) is 4.07. The average Bonchev–Trinajstić information content (AvgIpc) is 2.54. The predicted molar refractivity (Wildman–Crippen MR) is 67.7 cm³/mol. The summed E-state index contributed by atoms with van der Waals surface area (Å²) in [6.07, 6.45) is 0. The maximum atomic E-state index is 10.5. The van der Waals surface area contributed by atoms with Crippen LogP contribution in [-0.4, -0.2) is 29.4 Å². The molecule has 1 heterocycles. The van der Waals surface area contributed by atoms with Crippen molar-refractivity contribution < 1.29 is 9.66 Å². The maximum absolute atomic E-state index is 10.5. The van der Waals surface area contributed by atoms with Gasteiger partial charge in [-0.1, -0.05) is 19.6 Å². The quantitative estimate of drug-likeness (QED) is 0.339. The summed E-state index contributed by atoms with van der Waals surface area (Å²) >= 11 is 0. The van der Waals surface area contributed by atoms with Crippen molar-refractivity contribution in [2.45, 2.75) is 39.3 Å². The molecule has 0 spiro atoms. The van der Waals surface area contributed by atoms with Crippen LogP contribution < -0.4 is 0 Å². The number of hydrogen-bond acceptors (Lipinski definition) is 4. The lowest BCUT2D eigenvalue weighted by molar-refractivity contribution is -0.389. The highest BCUT2D eigenvalue weighted by Crippen LogP contribution is 2.12. The molecule has 6 nitrogen and oxygen atoms in total. The molecule has 1 aromatic heterocycles. The van der Waals surface area contributed by atoms with Gasteiger partial charge in [-0.05, 0) is 17.9 Å². The van der Waals surface area contributed by atoms with Crippen molar-refractivity contribution in [1.82, 2.24) is 9.78 Å². The Morgan fingerprint density at radius 3 is 2.65 bits per heavy atom. The summed E-state index contributed by atoms with van der Waals surface area (Å²) in [4.78, 5) is 10.0. The summed E-state index contributed by atoms with van der Waals surface area (Å²) in [6.45, 7) is 9.58. The number of nitrogens with zero attached hydrogens (tertiary/aromatic N) is 3. The highest BCUT2D eigenvalue weighted by Gasteiger charge is 2.16. The fraction of sp³-hybridized carbons (Fsp3) is 0.700. The van der Waals surface area contributed by atoms with Gasteiger partial charge in [-0.15, -0.1) is 0 Å². The van der Waals surface area contributed by atoms with Crippen LogP contribution in [0.2, 0.25) is 25.7 Å². The second-order valence-electron chi connectivity index (χ2n) is 5.25. The SMILES string of the molecule is Cc1cc([N+](=O)[O-])nn1COCC[Si](C)(C)C. The molecule has 0 aliphatic carbocycles. The third kappa shape index (κ3) is 4.66. The Kier molecular flexibility index (Phi) is 4.41. The number of aromatic nitrogens is 2. The average molecular weight is 257 g/mol. The molecular weight excluding hydrogens is 238 g/mol. The monoisotopic (exact) mass is 257 g/mol. The van der Waals surface area contributed by atoms with Gasteiger partial charge in [0.25, 0.3) is 0 Å². The number of hydrogen-bond donors (Lipinski definition) is 0. The first-order chi connectivity index (χ1) is 7.79. The normalized spacial score (nSPS) is 11.8. The molecule has 0 atom stereocenters. The zero-order valence-corrected chi connectivity index (χ0v) is 11.8. The number of rotatable bonds is 6. The molecule has 0 aliphatic rings. The topological polar surface area (TPSA) is 70.2 Å². The molecule has 0 aromatic carbocycles. The Hall–Kier alpha value is -1.21. The van der Waals surface area contributed by atoms with Crippen molar-refractivity contribution in [1.29, 1.82) is 0 Å². The Bertz CT molecular complexity index is 398. The van der Waals surface area contributed by atoms with Crippen LogP contribution in [0.1, 0.15) is 5.69 Å². The lowest BCUT2D eigenvalue weighted by atomic mass is 10.5. The number of nitro groups is 1. The molecule has 96 valence electrons. The van der Waals surface area contributed by atoms with Crippen LogP contribution in [0.15, 0.2) is 6.07 Å². The molecule has 1 aromatic rings. The van der Waals surface area contributed by atoms with Gasteiger partial charge in [-0.3, -0.25) is 0 Å². The van der Waals surface area contributed by atoms with Crippen molar-refractivity contribution in [2.24, 2.45) is 0 Å². The molecular formula is C10H19N3O3Si. The minimum atomic E-state index is -1.08. The molecule has 1 rings (SSSR count). The van der Waals surface area contributed by atoms with E-state index in [4.69, 9.17) is 4.74 Å². The minimum absolute atomic E-state index is 0.128. The fourth-order valence-electron chi connectivity index (χ4n) is 1.24. The Balaban J connectivity index is 2.44. The van der Waals surface area contributed by atoms with Crippen LogP contribution in [0.25, 0.3) is 0 Å². The fourth-order valence-corrected chi connectivity index (χ4v) is 2.00. The van der Waals surface area contributed by atoms with Crippen molar-refractivity contribution in [3.05, 3.63) is 21.9 Å². The van der Waals surface area contributed by atoms with Crippen LogP contribution in [0.4, 0.5) is 5.82 Å². The van der Waals surface area contributed by atoms with Gasteiger partial charge in [-0.2, -0.15) is 4.68 Å². The smallest absolute Gasteiger partial charge is 0.358 e. The molecule has 0 unspecified atom stereocenters. The van der Waals surface area contributed by atoms with E-state index >= 15 is 0 Å². The van der Waals surface area contributed by atoms with Gasteiger partial charge in [0.05, 0.1) is 16.9 Å². The van der Waals surface area contributed by atoms with E-state index < -0.39 is 13.0 Å². The van der Waals surface area contributed by atoms with Gasteiger partial charge in [0.15, 0.2) is 6.73 Å². The summed E-state index contributed by atoms with van der Waals surface area (Å²) in [5, 5.41) is 14.4. The Morgan fingerprint density at radius 2 is 2.18 bits per heavy atom. The zero-order chi connectivity index (χ0) is 13.1. The summed E-state index contributed by atoms with van der Waals surface area (Å²) in [5.74, 6) is -0.128. The van der Waals surface area contributed by atoms with Gasteiger partial charge >= 0.3 is 5.82 Å². The third-order valence-electron chi connectivity index (χ3n) is 2.37. The molecule has 17 heavy (non-hydrogen) atoms. The number of ether oxygens (including phenoxy) is 1. The van der Waals surface area contributed by atoms with E-state index in [1.54, 1.807) is 6.92 Å². The molecule has 0 N–H and O–H groups in total. The van der Waals surface area contributed by atoms with Crippen LogP contribution >= 0.6 is 0 Å². The molecule has 0 saturated heterocycles. The van der Waals surface area contributed by atoms with Gasteiger partial charge in [0.1, 0.15) is 0 Å². The zero-order valence-electron chi connectivity index (χ0n) is 10.8. The van der Waals surface area contributed by atoms with Gasteiger partial charge < -0.3 is 14.9 Å². The highest BCUT2D eigenvalue weighted by atomic mass is 28.3. The van der Waals surface area contributed by atoms with E-state index in [1.807, 2.05) is 0 Å². The summed E-state index contributed by atoms with van der Waals surface area (Å²) in [6, 6.07) is 2.53. The largest absolute Gasteiger partial charge is 0.390 e. The summed E-state index contributed by atoms with van der Waals surface area (Å²) < 4.78 is 7.00. The first-order valence-electron chi connectivity index (χ1n) is 5.56. The van der Waals surface area contributed by atoms with Crippen LogP contribution in [0.3, 0.4) is 0 Å². The lowest BCUT2D eigenvalue weighted by Crippen LogP contribution is -2.22. The molecule has 0 fully saturated rings. The standard InChI is InChI=1S/C10H19N3O3Si/c1-9-7-10(13(14)15)11-12(9)8-16-5-6-17(2,3)4/h7H,5-6,8H2,1-4H3. The van der Waals surface area contributed by atoms with Crippen molar-refractivity contribution in [3.8, 4) is 0 Å². The Morgan fingerprint density at radius 1 is 1.53 bits per heavy atom.